The van der Waals surface area contributed by atoms with Crippen molar-refractivity contribution in [2.75, 3.05) is 25.5 Å². The maximum atomic E-state index is 13.7. The quantitative estimate of drug-likeness (QED) is 0.397. The van der Waals surface area contributed by atoms with Gasteiger partial charge in [0.2, 0.25) is 6.23 Å². The van der Waals surface area contributed by atoms with Crippen LogP contribution in [0.25, 0.3) is 0 Å². The number of carbonyl (C=O) groups is 2. The van der Waals surface area contributed by atoms with E-state index in [1.807, 2.05) is 25.2 Å². The Morgan fingerprint density at radius 1 is 1.12 bits per heavy atom. The summed E-state index contributed by atoms with van der Waals surface area (Å²) in [6, 6.07) is 10.7. The number of carbonyl (C=O) groups excluding carboxylic acids is 2. The van der Waals surface area contributed by atoms with Crippen LogP contribution in [0.4, 0.5) is 5.82 Å². The predicted octanol–water partition coefficient (Wildman–Crippen LogP) is 0.585. The van der Waals surface area contributed by atoms with E-state index in [1.54, 1.807) is 18.2 Å². The number of likely N-dealkylation sites (tertiary alicyclic amines) is 1. The number of halogens is 1. The molecule has 1 saturated heterocycles. The largest absolute Gasteiger partial charge is 1.00 e. The van der Waals surface area contributed by atoms with Gasteiger partial charge in [0.15, 0.2) is 18.0 Å². The fraction of sp³-hybridized carbons (Fsp3) is 0.560. The molecule has 0 bridgehead atoms. The van der Waals surface area contributed by atoms with Crippen molar-refractivity contribution in [2.24, 2.45) is 5.92 Å². The molecule has 8 nitrogen and oxygen atoms in total. The Hall–Kier alpha value is -2.23. The lowest BCUT2D eigenvalue weighted by atomic mass is 9.73. The van der Waals surface area contributed by atoms with E-state index in [9.17, 15) is 14.7 Å². The number of benzene rings is 1. The van der Waals surface area contributed by atoms with E-state index in [-0.39, 0.29) is 39.8 Å². The highest BCUT2D eigenvalue weighted by Gasteiger charge is 2.50. The van der Waals surface area contributed by atoms with Gasteiger partial charge in [-0.3, -0.25) is 9.28 Å². The van der Waals surface area contributed by atoms with Crippen molar-refractivity contribution in [3.05, 3.63) is 48.2 Å². The second-order valence-corrected chi connectivity index (χ2v) is 9.62. The van der Waals surface area contributed by atoms with E-state index in [4.69, 9.17) is 9.26 Å². The van der Waals surface area contributed by atoms with Gasteiger partial charge in [-0.2, -0.15) is 0 Å². The van der Waals surface area contributed by atoms with E-state index < -0.39 is 17.8 Å². The number of amides is 1. The van der Waals surface area contributed by atoms with E-state index in [1.165, 1.54) is 6.26 Å². The molecule has 3 atom stereocenters. The maximum absolute atomic E-state index is 13.7. The third kappa shape index (κ3) is 5.70. The maximum Gasteiger partial charge on any atom is 0.347 e. The van der Waals surface area contributed by atoms with Crippen LogP contribution in [-0.2, 0) is 19.9 Å². The molecule has 2 N–H and O–H groups in total. The zero-order valence-corrected chi connectivity index (χ0v) is 21.2. The molecular formula is C25H34BrN3O5. The summed E-state index contributed by atoms with van der Waals surface area (Å²) in [5.74, 6) is -0.652. The van der Waals surface area contributed by atoms with Crippen molar-refractivity contribution in [3.8, 4) is 0 Å². The summed E-state index contributed by atoms with van der Waals surface area (Å²) in [4.78, 5) is 26.3. The summed E-state index contributed by atoms with van der Waals surface area (Å²) in [7, 11) is 1.93. The van der Waals surface area contributed by atoms with Crippen LogP contribution in [0, 0.1) is 5.92 Å². The minimum atomic E-state index is -1.69. The molecule has 2 aliphatic rings. The van der Waals surface area contributed by atoms with Crippen molar-refractivity contribution in [1.29, 1.82) is 0 Å². The second-order valence-electron chi connectivity index (χ2n) is 9.62. The Balaban J connectivity index is 0.00000324. The smallest absolute Gasteiger partial charge is 0.347 e. The Morgan fingerprint density at radius 3 is 2.50 bits per heavy atom. The molecule has 34 heavy (non-hydrogen) atoms. The summed E-state index contributed by atoms with van der Waals surface area (Å²) in [5, 5.41) is 18.3. The predicted molar refractivity (Wildman–Crippen MR) is 122 cm³/mol. The number of nitrogens with zero attached hydrogens (tertiary/aromatic N) is 2. The highest BCUT2D eigenvalue weighted by molar-refractivity contribution is 5.90. The highest BCUT2D eigenvalue weighted by atomic mass is 79.9. The van der Waals surface area contributed by atoms with Crippen LogP contribution < -0.4 is 22.3 Å². The standard InChI is InChI=1S/C25H33N3O5.BrH/c1-28(18-22(29)26-21-15-17-32-27-21)16-9-8-14-23(28)33-24(30)25(31,19-10-4-2-5-11-19)20-12-6-3-7-13-20;/h2,4-5,10-11,15,17,20,23,31H,3,6-9,12-14,16,18H2,1H3;1H. The molecule has 1 amide bonds. The average Bonchev–Trinajstić information content (AvgIpc) is 3.34. The second kappa shape index (κ2) is 11.5. The monoisotopic (exact) mass is 535 g/mol. The van der Waals surface area contributed by atoms with Crippen molar-refractivity contribution in [2.45, 2.75) is 63.2 Å². The number of quaternary nitrogens is 1. The Kier molecular flexibility index (Phi) is 8.89. The molecular weight excluding hydrogens is 502 g/mol. The number of anilines is 1. The van der Waals surface area contributed by atoms with Gasteiger partial charge in [0, 0.05) is 18.4 Å². The average molecular weight is 536 g/mol. The van der Waals surface area contributed by atoms with Crippen LogP contribution in [0.3, 0.4) is 0 Å². The van der Waals surface area contributed by atoms with Gasteiger partial charge in [0.1, 0.15) is 6.26 Å². The third-order valence-corrected chi connectivity index (χ3v) is 7.24. The number of esters is 1. The molecule has 2 aromatic rings. The molecule has 9 heteroatoms. The number of nitrogens with one attached hydrogen (secondary N) is 1. The van der Waals surface area contributed by atoms with Gasteiger partial charge in [-0.25, -0.2) is 4.79 Å². The van der Waals surface area contributed by atoms with Gasteiger partial charge < -0.3 is 36.7 Å². The molecule has 1 saturated carbocycles. The van der Waals surface area contributed by atoms with Crippen molar-refractivity contribution < 1.29 is 45.4 Å². The molecule has 1 aromatic heterocycles. The number of hydrogen-bond donors (Lipinski definition) is 2. The van der Waals surface area contributed by atoms with Crippen LogP contribution in [0.2, 0.25) is 0 Å². The number of hydrogen-bond acceptors (Lipinski definition) is 6. The number of piperidine rings is 1. The van der Waals surface area contributed by atoms with Crippen molar-refractivity contribution >= 4 is 17.7 Å². The molecule has 3 unspecified atom stereocenters. The summed E-state index contributed by atoms with van der Waals surface area (Å²) in [6.07, 6.45) is 8.06. The Bertz CT molecular complexity index is 935. The lowest BCUT2D eigenvalue weighted by Gasteiger charge is -2.44. The molecule has 1 aliphatic heterocycles. The van der Waals surface area contributed by atoms with Gasteiger partial charge in [0.05, 0.1) is 13.6 Å². The fourth-order valence-corrected chi connectivity index (χ4v) is 5.35. The SMILES string of the molecule is C[N+]1(CC(=O)Nc2ccon2)CCCCC1OC(=O)C(O)(c1ccccc1)C1CCCCC1.[Br-]. The molecule has 2 heterocycles. The first-order valence-electron chi connectivity index (χ1n) is 12.0. The van der Waals surface area contributed by atoms with Gasteiger partial charge >= 0.3 is 5.97 Å². The first-order chi connectivity index (χ1) is 15.9. The van der Waals surface area contributed by atoms with Crippen LogP contribution in [0.1, 0.15) is 56.9 Å². The number of likely N-dealkylation sites (N-methyl/N-ethyl adjacent to an activating group) is 1. The minimum absolute atomic E-state index is 0. The van der Waals surface area contributed by atoms with Crippen LogP contribution in [0.15, 0.2) is 47.2 Å². The van der Waals surface area contributed by atoms with Gasteiger partial charge in [-0.1, -0.05) is 54.8 Å². The molecule has 0 radical (unpaired) electrons. The van der Waals surface area contributed by atoms with Crippen LogP contribution in [0.5, 0.6) is 0 Å². The number of aliphatic hydroxyl groups is 1. The van der Waals surface area contributed by atoms with E-state index >= 15 is 0 Å². The van der Waals surface area contributed by atoms with Gasteiger partial charge in [-0.05, 0) is 31.2 Å². The Morgan fingerprint density at radius 2 is 1.82 bits per heavy atom. The van der Waals surface area contributed by atoms with Crippen LogP contribution in [-0.4, -0.2) is 53.0 Å². The van der Waals surface area contributed by atoms with Crippen LogP contribution >= 0.6 is 0 Å². The number of ether oxygens (including phenoxy) is 1. The lowest BCUT2D eigenvalue weighted by Crippen LogP contribution is -3.00. The van der Waals surface area contributed by atoms with Gasteiger partial charge in [-0.15, -0.1) is 0 Å². The van der Waals surface area contributed by atoms with E-state index in [0.717, 1.165) is 44.9 Å². The van der Waals surface area contributed by atoms with E-state index in [2.05, 4.69) is 10.5 Å². The normalized spacial score (nSPS) is 24.9. The van der Waals surface area contributed by atoms with E-state index in [0.29, 0.717) is 24.3 Å². The summed E-state index contributed by atoms with van der Waals surface area (Å²) >= 11 is 0. The third-order valence-electron chi connectivity index (χ3n) is 7.24. The summed E-state index contributed by atoms with van der Waals surface area (Å²) in [5.41, 5.74) is -1.11. The zero-order chi connectivity index (χ0) is 23.3. The number of aromatic nitrogens is 1. The molecule has 186 valence electrons. The highest BCUT2D eigenvalue weighted by Crippen LogP contribution is 2.41. The molecule has 2 fully saturated rings. The molecule has 0 spiro atoms. The topological polar surface area (TPSA) is 102 Å². The first-order valence-corrected chi connectivity index (χ1v) is 12.0. The molecule has 1 aromatic carbocycles. The lowest BCUT2D eigenvalue weighted by molar-refractivity contribution is -0.950. The zero-order valence-electron chi connectivity index (χ0n) is 19.6. The summed E-state index contributed by atoms with van der Waals surface area (Å²) in [6.45, 7) is 0.843. The number of rotatable bonds is 7. The van der Waals surface area contributed by atoms with Crippen molar-refractivity contribution in [1.82, 2.24) is 5.16 Å². The van der Waals surface area contributed by atoms with Crippen molar-refractivity contribution in [3.63, 3.8) is 0 Å². The fourth-order valence-electron chi connectivity index (χ4n) is 5.35. The van der Waals surface area contributed by atoms with Gasteiger partial charge in [0.25, 0.3) is 5.91 Å². The first kappa shape index (κ1) is 26.4. The minimum Gasteiger partial charge on any atom is -1.00 e. The Labute approximate surface area is 211 Å². The molecule has 1 aliphatic carbocycles. The summed E-state index contributed by atoms with van der Waals surface area (Å²) < 4.78 is 11.1. The molecule has 4 rings (SSSR count).